The third kappa shape index (κ3) is 3.33. The Bertz CT molecular complexity index is 425. The van der Waals surface area contributed by atoms with E-state index in [1.807, 2.05) is 6.07 Å². The maximum atomic E-state index is 11.4. The highest BCUT2D eigenvalue weighted by atomic mass is 79.9. The topological polar surface area (TPSA) is 35.5 Å². The molecule has 1 aromatic rings. The molecule has 0 amide bonds. The van der Waals surface area contributed by atoms with Crippen molar-refractivity contribution in [1.82, 2.24) is 0 Å². The van der Waals surface area contributed by atoms with Crippen LogP contribution in [0.15, 0.2) is 22.7 Å². The number of hydrogen-bond donors (Lipinski definition) is 0. The number of benzene rings is 1. The highest BCUT2D eigenvalue weighted by Crippen LogP contribution is 2.25. The molecule has 2 rings (SSSR count). The van der Waals surface area contributed by atoms with Crippen molar-refractivity contribution in [3.05, 3.63) is 33.8 Å². The number of methoxy groups -OCH3 is 1. The molecule has 1 saturated carbocycles. The zero-order valence-corrected chi connectivity index (χ0v) is 12.0. The highest BCUT2D eigenvalue weighted by Gasteiger charge is 2.16. The average Bonchev–Trinajstić information content (AvgIpc) is 2.89. The Morgan fingerprint density at radius 3 is 2.72 bits per heavy atom. The zero-order valence-electron chi connectivity index (χ0n) is 10.4. The Balaban J connectivity index is 1.98. The molecule has 1 aliphatic rings. The molecule has 0 unspecified atom stereocenters. The summed E-state index contributed by atoms with van der Waals surface area (Å²) in [6.45, 7) is 0.590. The van der Waals surface area contributed by atoms with Crippen LogP contribution in [0.1, 0.15) is 41.6 Å². The number of carbonyl (C=O) groups excluding carboxylic acids is 1. The second-order valence-electron chi connectivity index (χ2n) is 4.52. The van der Waals surface area contributed by atoms with E-state index in [9.17, 15) is 4.79 Å². The molecule has 0 aromatic heterocycles. The van der Waals surface area contributed by atoms with E-state index >= 15 is 0 Å². The van der Waals surface area contributed by atoms with E-state index in [1.165, 1.54) is 20.0 Å². The van der Waals surface area contributed by atoms with Gasteiger partial charge in [-0.25, -0.2) is 4.79 Å². The van der Waals surface area contributed by atoms with Crippen molar-refractivity contribution >= 4 is 21.9 Å². The number of ether oxygens (including phenoxy) is 2. The summed E-state index contributed by atoms with van der Waals surface area (Å²) < 4.78 is 11.4. The Morgan fingerprint density at radius 1 is 1.39 bits per heavy atom. The lowest BCUT2D eigenvalue weighted by molar-refractivity contribution is 0.0453. The fourth-order valence-electron chi connectivity index (χ4n) is 2.17. The molecular formula is C14H17BrO3. The number of carbonyl (C=O) groups is 1. The monoisotopic (exact) mass is 312 g/mol. The van der Waals surface area contributed by atoms with Crippen molar-refractivity contribution in [1.29, 1.82) is 0 Å². The Morgan fingerprint density at radius 2 is 2.11 bits per heavy atom. The van der Waals surface area contributed by atoms with Gasteiger partial charge in [-0.05, 0) is 30.5 Å². The summed E-state index contributed by atoms with van der Waals surface area (Å²) in [5, 5.41) is 0. The zero-order chi connectivity index (χ0) is 13.0. The van der Waals surface area contributed by atoms with Crippen LogP contribution in [0.5, 0.6) is 0 Å². The van der Waals surface area contributed by atoms with Gasteiger partial charge in [0, 0.05) is 4.47 Å². The lowest BCUT2D eigenvalue weighted by atomic mass is 10.1. The van der Waals surface area contributed by atoms with Gasteiger partial charge in [0.2, 0.25) is 0 Å². The average molecular weight is 313 g/mol. The number of rotatable bonds is 4. The van der Waals surface area contributed by atoms with Crippen LogP contribution in [0.4, 0.5) is 0 Å². The van der Waals surface area contributed by atoms with Crippen LogP contribution in [0.2, 0.25) is 0 Å². The fraction of sp³-hybridized carbons (Fsp3) is 0.500. The predicted molar refractivity (Wildman–Crippen MR) is 72.5 cm³/mol. The second-order valence-corrected chi connectivity index (χ2v) is 5.37. The molecule has 18 heavy (non-hydrogen) atoms. The standard InChI is InChI=1S/C14H17BrO3/c1-17-14(16)10-6-7-11(13(15)8-10)9-18-12-4-2-3-5-12/h6-8,12H,2-5,9H2,1H3. The largest absolute Gasteiger partial charge is 0.465 e. The first-order valence-corrected chi connectivity index (χ1v) is 6.98. The Kier molecular flexibility index (Phi) is 4.78. The molecule has 1 aliphatic carbocycles. The summed E-state index contributed by atoms with van der Waals surface area (Å²) in [7, 11) is 1.38. The van der Waals surface area contributed by atoms with Crippen LogP contribution in [0.25, 0.3) is 0 Å². The van der Waals surface area contributed by atoms with E-state index in [4.69, 9.17) is 4.74 Å². The van der Waals surface area contributed by atoms with Gasteiger partial charge >= 0.3 is 5.97 Å². The second kappa shape index (κ2) is 6.34. The van der Waals surface area contributed by atoms with Gasteiger partial charge in [-0.1, -0.05) is 34.8 Å². The van der Waals surface area contributed by atoms with Gasteiger partial charge in [0.1, 0.15) is 0 Å². The lowest BCUT2D eigenvalue weighted by Gasteiger charge is -2.12. The molecule has 3 nitrogen and oxygen atoms in total. The molecule has 4 heteroatoms. The van der Waals surface area contributed by atoms with Gasteiger partial charge in [-0.2, -0.15) is 0 Å². The molecule has 0 radical (unpaired) electrons. The van der Waals surface area contributed by atoms with Gasteiger partial charge in [-0.15, -0.1) is 0 Å². The third-order valence-corrected chi connectivity index (χ3v) is 3.99. The molecule has 0 N–H and O–H groups in total. The summed E-state index contributed by atoms with van der Waals surface area (Å²) >= 11 is 3.47. The van der Waals surface area contributed by atoms with Crippen LogP contribution in [-0.4, -0.2) is 19.2 Å². The van der Waals surface area contributed by atoms with E-state index in [-0.39, 0.29) is 5.97 Å². The summed E-state index contributed by atoms with van der Waals surface area (Å²) in [6, 6.07) is 5.45. The first-order chi connectivity index (χ1) is 8.70. The third-order valence-electron chi connectivity index (χ3n) is 3.25. The maximum absolute atomic E-state index is 11.4. The van der Waals surface area contributed by atoms with Gasteiger partial charge in [0.25, 0.3) is 0 Å². The van der Waals surface area contributed by atoms with E-state index in [0.29, 0.717) is 18.3 Å². The van der Waals surface area contributed by atoms with Gasteiger partial charge in [-0.3, -0.25) is 0 Å². The molecular weight excluding hydrogens is 296 g/mol. The molecule has 1 fully saturated rings. The molecule has 0 aliphatic heterocycles. The van der Waals surface area contributed by atoms with Crippen LogP contribution in [0, 0.1) is 0 Å². The number of halogens is 1. The van der Waals surface area contributed by atoms with E-state index in [0.717, 1.165) is 22.9 Å². The predicted octanol–water partition coefficient (Wildman–Crippen LogP) is 3.69. The highest BCUT2D eigenvalue weighted by molar-refractivity contribution is 9.10. The van der Waals surface area contributed by atoms with Crippen LogP contribution in [-0.2, 0) is 16.1 Å². The number of esters is 1. The van der Waals surface area contributed by atoms with Crippen LogP contribution >= 0.6 is 15.9 Å². The summed E-state index contributed by atoms with van der Waals surface area (Å²) in [4.78, 5) is 11.4. The van der Waals surface area contributed by atoms with Crippen LogP contribution in [0.3, 0.4) is 0 Å². The minimum absolute atomic E-state index is 0.320. The molecule has 1 aromatic carbocycles. The first kappa shape index (κ1) is 13.6. The summed E-state index contributed by atoms with van der Waals surface area (Å²) in [5.74, 6) is -0.320. The van der Waals surface area contributed by atoms with Crippen molar-refractivity contribution in [3.8, 4) is 0 Å². The fourth-order valence-corrected chi connectivity index (χ4v) is 2.67. The minimum Gasteiger partial charge on any atom is -0.465 e. The minimum atomic E-state index is -0.320. The quantitative estimate of drug-likeness (QED) is 0.795. The lowest BCUT2D eigenvalue weighted by Crippen LogP contribution is -2.08. The van der Waals surface area contributed by atoms with Crippen molar-refractivity contribution in [2.24, 2.45) is 0 Å². The molecule has 0 spiro atoms. The van der Waals surface area contributed by atoms with Gasteiger partial charge in [0.05, 0.1) is 25.4 Å². The summed E-state index contributed by atoms with van der Waals surface area (Å²) in [6.07, 6.45) is 5.27. The number of hydrogen-bond acceptors (Lipinski definition) is 3. The van der Waals surface area contributed by atoms with Crippen molar-refractivity contribution in [3.63, 3.8) is 0 Å². The van der Waals surface area contributed by atoms with Gasteiger partial charge in [0.15, 0.2) is 0 Å². The maximum Gasteiger partial charge on any atom is 0.337 e. The van der Waals surface area contributed by atoms with Crippen molar-refractivity contribution in [2.45, 2.75) is 38.4 Å². The molecule has 0 saturated heterocycles. The van der Waals surface area contributed by atoms with Crippen molar-refractivity contribution < 1.29 is 14.3 Å². The van der Waals surface area contributed by atoms with E-state index in [2.05, 4.69) is 20.7 Å². The molecule has 0 heterocycles. The normalized spacial score (nSPS) is 15.9. The molecule has 0 atom stereocenters. The van der Waals surface area contributed by atoms with E-state index in [1.54, 1.807) is 12.1 Å². The molecule has 0 bridgehead atoms. The Labute approximate surface area is 116 Å². The van der Waals surface area contributed by atoms with Crippen LogP contribution < -0.4 is 0 Å². The Hall–Kier alpha value is -0.870. The van der Waals surface area contributed by atoms with Crippen molar-refractivity contribution in [2.75, 3.05) is 7.11 Å². The van der Waals surface area contributed by atoms with E-state index < -0.39 is 0 Å². The smallest absolute Gasteiger partial charge is 0.337 e. The summed E-state index contributed by atoms with van der Waals surface area (Å²) in [5.41, 5.74) is 1.61. The first-order valence-electron chi connectivity index (χ1n) is 6.19. The SMILES string of the molecule is COC(=O)c1ccc(COC2CCCC2)c(Br)c1. The molecule has 98 valence electrons. The van der Waals surface area contributed by atoms with Gasteiger partial charge < -0.3 is 9.47 Å².